The lowest BCUT2D eigenvalue weighted by atomic mass is 10.3. The summed E-state index contributed by atoms with van der Waals surface area (Å²) >= 11 is 5.95. The van der Waals surface area contributed by atoms with E-state index in [1.807, 2.05) is 0 Å². The zero-order chi connectivity index (χ0) is 12.7. The number of halogens is 4. The first-order chi connectivity index (χ1) is 7.91. The minimum atomic E-state index is -1.51. The standard InChI is InChI=1S/C11H8ClF3N2/c1-5-6(2)16-17(11(5)12)7-3-8(13)10(15)9(14)4-7/h3-4H,1-2H3. The highest BCUT2D eigenvalue weighted by atomic mass is 35.5. The molecule has 2 aromatic rings. The van der Waals surface area contributed by atoms with Crippen LogP contribution in [0, 0.1) is 31.3 Å². The number of rotatable bonds is 1. The molecule has 0 aliphatic heterocycles. The number of nitrogens with zero attached hydrogens (tertiary/aromatic N) is 2. The summed E-state index contributed by atoms with van der Waals surface area (Å²) in [6.07, 6.45) is 0. The number of hydrogen-bond donors (Lipinski definition) is 0. The second kappa shape index (κ2) is 4.07. The SMILES string of the molecule is Cc1nn(-c2cc(F)c(F)c(F)c2)c(Cl)c1C. The monoisotopic (exact) mass is 260 g/mol. The molecule has 90 valence electrons. The molecule has 0 unspecified atom stereocenters. The molecule has 0 saturated carbocycles. The maximum Gasteiger partial charge on any atom is 0.194 e. The van der Waals surface area contributed by atoms with Gasteiger partial charge < -0.3 is 0 Å². The van der Waals surface area contributed by atoms with Crippen LogP contribution in [0.5, 0.6) is 0 Å². The van der Waals surface area contributed by atoms with E-state index in [2.05, 4.69) is 5.10 Å². The highest BCUT2D eigenvalue weighted by molar-refractivity contribution is 6.30. The first kappa shape index (κ1) is 12.0. The third kappa shape index (κ3) is 1.91. The Bertz CT molecular complexity index is 570. The molecule has 0 spiro atoms. The van der Waals surface area contributed by atoms with Gasteiger partial charge in [0.05, 0.1) is 11.4 Å². The Hall–Kier alpha value is -1.49. The predicted molar refractivity (Wildman–Crippen MR) is 57.9 cm³/mol. The number of aromatic nitrogens is 2. The van der Waals surface area contributed by atoms with Gasteiger partial charge in [-0.3, -0.25) is 0 Å². The van der Waals surface area contributed by atoms with Gasteiger partial charge in [0.2, 0.25) is 0 Å². The zero-order valence-electron chi connectivity index (χ0n) is 9.06. The third-order valence-corrected chi connectivity index (χ3v) is 2.94. The fourth-order valence-corrected chi connectivity index (χ4v) is 1.68. The van der Waals surface area contributed by atoms with Gasteiger partial charge in [-0.2, -0.15) is 5.10 Å². The quantitative estimate of drug-likeness (QED) is 0.717. The average molecular weight is 261 g/mol. The maximum atomic E-state index is 13.1. The Balaban J connectivity index is 2.65. The Labute approximate surface area is 101 Å². The summed E-state index contributed by atoms with van der Waals surface area (Å²) in [6, 6.07) is 1.69. The van der Waals surface area contributed by atoms with Crippen molar-refractivity contribution in [3.8, 4) is 5.69 Å². The van der Waals surface area contributed by atoms with Gasteiger partial charge in [0, 0.05) is 17.7 Å². The lowest BCUT2D eigenvalue weighted by Gasteiger charge is -2.04. The van der Waals surface area contributed by atoms with Crippen molar-refractivity contribution >= 4 is 11.6 Å². The molecule has 1 aromatic carbocycles. The molecule has 0 fully saturated rings. The molecule has 17 heavy (non-hydrogen) atoms. The fraction of sp³-hybridized carbons (Fsp3) is 0.182. The first-order valence-electron chi connectivity index (χ1n) is 4.78. The lowest BCUT2D eigenvalue weighted by molar-refractivity contribution is 0.446. The van der Waals surface area contributed by atoms with Crippen molar-refractivity contribution in [3.63, 3.8) is 0 Å². The molecule has 0 radical (unpaired) electrons. The van der Waals surface area contributed by atoms with Crippen LogP contribution in [0.1, 0.15) is 11.3 Å². The van der Waals surface area contributed by atoms with Crippen LogP contribution in [-0.2, 0) is 0 Å². The van der Waals surface area contributed by atoms with E-state index in [-0.39, 0.29) is 10.8 Å². The van der Waals surface area contributed by atoms with Crippen molar-refractivity contribution in [2.45, 2.75) is 13.8 Å². The molecule has 0 aliphatic rings. The highest BCUT2D eigenvalue weighted by Crippen LogP contribution is 2.24. The van der Waals surface area contributed by atoms with Crippen molar-refractivity contribution in [2.75, 3.05) is 0 Å². The van der Waals surface area contributed by atoms with E-state index < -0.39 is 17.5 Å². The highest BCUT2D eigenvalue weighted by Gasteiger charge is 2.15. The lowest BCUT2D eigenvalue weighted by Crippen LogP contribution is -2.01. The molecule has 0 amide bonds. The molecule has 2 rings (SSSR count). The van der Waals surface area contributed by atoms with Gasteiger partial charge >= 0.3 is 0 Å². The maximum absolute atomic E-state index is 13.1. The molecule has 0 saturated heterocycles. The molecular formula is C11H8ClF3N2. The zero-order valence-corrected chi connectivity index (χ0v) is 9.82. The van der Waals surface area contributed by atoms with Gasteiger partial charge in [-0.25, -0.2) is 17.9 Å². The molecule has 1 aromatic heterocycles. The van der Waals surface area contributed by atoms with Crippen LogP contribution in [0.4, 0.5) is 13.2 Å². The van der Waals surface area contributed by atoms with Crippen molar-refractivity contribution < 1.29 is 13.2 Å². The summed E-state index contributed by atoms with van der Waals surface area (Å²) in [6.45, 7) is 3.45. The van der Waals surface area contributed by atoms with Crippen LogP contribution in [0.2, 0.25) is 5.15 Å². The summed E-state index contributed by atoms with van der Waals surface area (Å²) in [7, 11) is 0. The molecule has 0 bridgehead atoms. The van der Waals surface area contributed by atoms with Crippen molar-refractivity contribution in [3.05, 3.63) is 46.0 Å². The van der Waals surface area contributed by atoms with Gasteiger partial charge in [-0.05, 0) is 13.8 Å². The van der Waals surface area contributed by atoms with E-state index in [0.29, 0.717) is 11.3 Å². The van der Waals surface area contributed by atoms with E-state index in [0.717, 1.165) is 16.8 Å². The van der Waals surface area contributed by atoms with Gasteiger partial charge in [-0.15, -0.1) is 0 Å². The molecular weight excluding hydrogens is 253 g/mol. The second-order valence-corrected chi connectivity index (χ2v) is 3.99. The largest absolute Gasteiger partial charge is 0.221 e. The van der Waals surface area contributed by atoms with E-state index in [1.165, 1.54) is 0 Å². The van der Waals surface area contributed by atoms with Crippen molar-refractivity contribution in [2.24, 2.45) is 0 Å². The Morgan fingerprint density at radius 1 is 1.12 bits per heavy atom. The summed E-state index contributed by atoms with van der Waals surface area (Å²) in [5.41, 5.74) is 1.39. The molecule has 0 N–H and O–H groups in total. The van der Waals surface area contributed by atoms with E-state index in [4.69, 9.17) is 11.6 Å². The summed E-state index contributed by atoms with van der Waals surface area (Å²) < 4.78 is 40.1. The Morgan fingerprint density at radius 3 is 2.06 bits per heavy atom. The topological polar surface area (TPSA) is 17.8 Å². The number of hydrogen-bond acceptors (Lipinski definition) is 1. The second-order valence-electron chi connectivity index (χ2n) is 3.64. The van der Waals surface area contributed by atoms with Gasteiger partial charge in [0.15, 0.2) is 17.5 Å². The van der Waals surface area contributed by atoms with Crippen LogP contribution < -0.4 is 0 Å². The van der Waals surface area contributed by atoms with Crippen molar-refractivity contribution in [1.29, 1.82) is 0 Å². The van der Waals surface area contributed by atoms with Crippen LogP contribution in [0.15, 0.2) is 12.1 Å². The van der Waals surface area contributed by atoms with E-state index in [1.54, 1.807) is 13.8 Å². The van der Waals surface area contributed by atoms with Crippen LogP contribution in [0.3, 0.4) is 0 Å². The van der Waals surface area contributed by atoms with Gasteiger partial charge in [0.1, 0.15) is 5.15 Å². The van der Waals surface area contributed by atoms with Gasteiger partial charge in [0.25, 0.3) is 0 Å². The first-order valence-corrected chi connectivity index (χ1v) is 5.16. The fourth-order valence-electron chi connectivity index (χ4n) is 1.41. The van der Waals surface area contributed by atoms with Crippen LogP contribution in [0.25, 0.3) is 5.69 Å². The number of benzene rings is 1. The van der Waals surface area contributed by atoms with E-state index in [9.17, 15) is 13.2 Å². The Kier molecular flexibility index (Phi) is 2.87. The summed E-state index contributed by atoms with van der Waals surface area (Å²) in [4.78, 5) is 0. The smallest absolute Gasteiger partial charge is 0.194 e. The molecule has 0 atom stereocenters. The predicted octanol–water partition coefficient (Wildman–Crippen LogP) is 3.56. The third-order valence-electron chi connectivity index (χ3n) is 2.50. The average Bonchev–Trinajstić information content (AvgIpc) is 2.53. The molecule has 2 nitrogen and oxygen atoms in total. The van der Waals surface area contributed by atoms with Crippen molar-refractivity contribution in [1.82, 2.24) is 9.78 Å². The minimum absolute atomic E-state index is 0.0441. The normalized spacial score (nSPS) is 10.9. The van der Waals surface area contributed by atoms with Crippen LogP contribution >= 0.6 is 11.6 Å². The van der Waals surface area contributed by atoms with Crippen LogP contribution in [-0.4, -0.2) is 9.78 Å². The van der Waals surface area contributed by atoms with E-state index >= 15 is 0 Å². The molecule has 1 heterocycles. The molecule has 6 heteroatoms. The summed E-state index contributed by atoms with van der Waals surface area (Å²) in [5, 5.41) is 4.26. The number of aryl methyl sites for hydroxylation is 1. The van der Waals surface area contributed by atoms with Gasteiger partial charge in [-0.1, -0.05) is 11.6 Å². The Morgan fingerprint density at radius 2 is 1.65 bits per heavy atom. The minimum Gasteiger partial charge on any atom is -0.221 e. The molecule has 0 aliphatic carbocycles. The summed E-state index contributed by atoms with van der Waals surface area (Å²) in [5.74, 6) is -4.06.